The summed E-state index contributed by atoms with van der Waals surface area (Å²) in [5, 5.41) is 0. The van der Waals surface area contributed by atoms with Gasteiger partial charge in [-0.25, -0.2) is 0 Å². The molecule has 0 aromatic carbocycles. The SMILES string of the molecule is COC(=O)[C@H]1CC[C@@H](C(=O)C=[N+]=[N-])CC1. The zero-order valence-corrected chi connectivity index (χ0v) is 8.68. The molecule has 0 aliphatic heterocycles. The van der Waals surface area contributed by atoms with Crippen LogP contribution in [0.3, 0.4) is 0 Å². The number of methoxy groups -OCH3 is 1. The molecule has 0 aromatic rings. The molecule has 0 amide bonds. The molecular weight excluding hydrogens is 196 g/mol. The van der Waals surface area contributed by atoms with Crippen molar-refractivity contribution < 1.29 is 19.1 Å². The van der Waals surface area contributed by atoms with Crippen molar-refractivity contribution in [2.75, 3.05) is 7.11 Å². The van der Waals surface area contributed by atoms with Crippen molar-refractivity contribution in [3.63, 3.8) is 0 Å². The van der Waals surface area contributed by atoms with Gasteiger partial charge in [0.2, 0.25) is 5.78 Å². The van der Waals surface area contributed by atoms with Crippen LogP contribution in [0.2, 0.25) is 0 Å². The minimum Gasteiger partial charge on any atom is -0.469 e. The van der Waals surface area contributed by atoms with E-state index in [9.17, 15) is 9.59 Å². The Kier molecular flexibility index (Phi) is 4.18. The van der Waals surface area contributed by atoms with Crippen LogP contribution in [0.1, 0.15) is 25.7 Å². The first-order chi connectivity index (χ1) is 7.19. The van der Waals surface area contributed by atoms with Gasteiger partial charge in [-0.05, 0) is 25.7 Å². The number of esters is 1. The molecule has 82 valence electrons. The van der Waals surface area contributed by atoms with E-state index in [0.717, 1.165) is 6.21 Å². The van der Waals surface area contributed by atoms with E-state index in [4.69, 9.17) is 5.53 Å². The van der Waals surface area contributed by atoms with Gasteiger partial charge in [0.1, 0.15) is 0 Å². The second kappa shape index (κ2) is 5.41. The Morgan fingerprint density at radius 3 is 2.27 bits per heavy atom. The van der Waals surface area contributed by atoms with Crippen LogP contribution in [0.25, 0.3) is 5.53 Å². The number of hydrogen-bond acceptors (Lipinski definition) is 3. The predicted molar refractivity (Wildman–Crippen MR) is 52.2 cm³/mol. The van der Waals surface area contributed by atoms with Gasteiger partial charge in [-0.15, -0.1) is 0 Å². The number of carbonyl (C=O) groups is 2. The topological polar surface area (TPSA) is 79.8 Å². The molecule has 1 fully saturated rings. The largest absolute Gasteiger partial charge is 0.469 e. The number of nitrogens with zero attached hydrogens (tertiary/aromatic N) is 2. The molecule has 1 rings (SSSR count). The van der Waals surface area contributed by atoms with Gasteiger partial charge >= 0.3 is 12.2 Å². The molecule has 0 unspecified atom stereocenters. The lowest BCUT2D eigenvalue weighted by atomic mass is 9.80. The van der Waals surface area contributed by atoms with Crippen molar-refractivity contribution in [2.45, 2.75) is 25.7 Å². The normalized spacial score (nSPS) is 25.1. The quantitative estimate of drug-likeness (QED) is 0.299. The molecule has 0 N–H and O–H groups in total. The third-order valence-electron chi connectivity index (χ3n) is 2.85. The van der Waals surface area contributed by atoms with E-state index >= 15 is 0 Å². The van der Waals surface area contributed by atoms with E-state index in [1.165, 1.54) is 7.11 Å². The highest BCUT2D eigenvalue weighted by Crippen LogP contribution is 2.29. The van der Waals surface area contributed by atoms with E-state index in [-0.39, 0.29) is 23.6 Å². The number of ketones is 1. The van der Waals surface area contributed by atoms with Crippen molar-refractivity contribution in [1.82, 2.24) is 0 Å². The van der Waals surface area contributed by atoms with Crippen molar-refractivity contribution in [2.24, 2.45) is 11.8 Å². The maximum atomic E-state index is 11.3. The van der Waals surface area contributed by atoms with Gasteiger partial charge in [-0.3, -0.25) is 9.59 Å². The number of Topliss-reactive ketones (excluding diaryl/α,β-unsaturated/α-hetero) is 1. The summed E-state index contributed by atoms with van der Waals surface area (Å²) in [5.41, 5.74) is 8.22. The Morgan fingerprint density at radius 1 is 1.27 bits per heavy atom. The van der Waals surface area contributed by atoms with E-state index in [0.29, 0.717) is 25.7 Å². The zero-order chi connectivity index (χ0) is 11.3. The lowest BCUT2D eigenvalue weighted by Crippen LogP contribution is -2.27. The van der Waals surface area contributed by atoms with Crippen LogP contribution in [0.4, 0.5) is 0 Å². The van der Waals surface area contributed by atoms with Crippen molar-refractivity contribution in [1.29, 1.82) is 0 Å². The van der Waals surface area contributed by atoms with Crippen molar-refractivity contribution in [3.8, 4) is 0 Å². The van der Waals surface area contributed by atoms with Crippen LogP contribution < -0.4 is 0 Å². The van der Waals surface area contributed by atoms with Gasteiger partial charge in [0, 0.05) is 5.92 Å². The summed E-state index contributed by atoms with van der Waals surface area (Å²) >= 11 is 0. The van der Waals surface area contributed by atoms with Gasteiger partial charge in [0.15, 0.2) is 0 Å². The minimum atomic E-state index is -0.197. The summed E-state index contributed by atoms with van der Waals surface area (Å²) in [6.45, 7) is 0. The average molecular weight is 210 g/mol. The second-order valence-electron chi connectivity index (χ2n) is 3.72. The van der Waals surface area contributed by atoms with Gasteiger partial charge < -0.3 is 10.3 Å². The Morgan fingerprint density at radius 2 is 1.80 bits per heavy atom. The van der Waals surface area contributed by atoms with Crippen molar-refractivity contribution >= 4 is 18.0 Å². The van der Waals surface area contributed by atoms with Gasteiger partial charge in [0.05, 0.1) is 13.0 Å². The summed E-state index contributed by atoms with van der Waals surface area (Å²) < 4.78 is 4.64. The maximum Gasteiger partial charge on any atom is 0.323 e. The summed E-state index contributed by atoms with van der Waals surface area (Å²) in [5.74, 6) is -0.551. The monoisotopic (exact) mass is 210 g/mol. The van der Waals surface area contributed by atoms with Crippen LogP contribution in [0.15, 0.2) is 0 Å². The van der Waals surface area contributed by atoms with E-state index in [2.05, 4.69) is 9.53 Å². The standard InChI is InChI=1S/C10H14N2O3/c1-15-10(14)8-4-2-7(3-5-8)9(13)6-12-11/h6-8H,2-5H2,1H3/t7-,8+. The van der Waals surface area contributed by atoms with Crippen LogP contribution in [0, 0.1) is 11.8 Å². The molecule has 5 nitrogen and oxygen atoms in total. The number of ether oxygens (including phenoxy) is 1. The molecule has 0 atom stereocenters. The first-order valence-corrected chi connectivity index (χ1v) is 4.98. The highest BCUT2D eigenvalue weighted by molar-refractivity contribution is 6.26. The highest BCUT2D eigenvalue weighted by atomic mass is 16.5. The predicted octanol–water partition coefficient (Wildman–Crippen LogP) is 0.835. The maximum absolute atomic E-state index is 11.3. The van der Waals surface area contributed by atoms with Crippen LogP contribution >= 0.6 is 0 Å². The molecule has 1 aliphatic carbocycles. The Labute approximate surface area is 88.0 Å². The van der Waals surface area contributed by atoms with Gasteiger partial charge in [0.25, 0.3) is 0 Å². The molecule has 0 saturated heterocycles. The Hall–Kier alpha value is -1.48. The number of rotatable bonds is 3. The summed E-state index contributed by atoms with van der Waals surface area (Å²) in [7, 11) is 1.37. The van der Waals surface area contributed by atoms with E-state index in [1.54, 1.807) is 0 Å². The van der Waals surface area contributed by atoms with E-state index < -0.39 is 0 Å². The molecule has 0 radical (unpaired) electrons. The van der Waals surface area contributed by atoms with Gasteiger partial charge in [-0.2, -0.15) is 4.79 Å². The molecule has 1 aliphatic rings. The Balaban J connectivity index is 2.45. The zero-order valence-electron chi connectivity index (χ0n) is 8.68. The fourth-order valence-electron chi connectivity index (χ4n) is 1.94. The molecule has 0 heterocycles. The number of hydrogen-bond donors (Lipinski definition) is 0. The summed E-state index contributed by atoms with van der Waals surface area (Å²) in [6, 6.07) is 0. The molecule has 0 aromatic heterocycles. The fourth-order valence-corrected chi connectivity index (χ4v) is 1.94. The van der Waals surface area contributed by atoms with Crippen molar-refractivity contribution in [3.05, 3.63) is 5.53 Å². The molecular formula is C10H14N2O3. The number of carbonyl (C=O) groups excluding carboxylic acids is 2. The summed E-state index contributed by atoms with van der Waals surface area (Å²) in [6.07, 6.45) is 3.59. The Bertz CT molecular complexity index is 300. The second-order valence-corrected chi connectivity index (χ2v) is 3.72. The van der Waals surface area contributed by atoms with Crippen LogP contribution in [-0.4, -0.2) is 29.9 Å². The molecule has 15 heavy (non-hydrogen) atoms. The highest BCUT2D eigenvalue weighted by Gasteiger charge is 2.30. The first kappa shape index (κ1) is 11.6. The third kappa shape index (κ3) is 2.99. The molecule has 0 spiro atoms. The molecule has 1 saturated carbocycles. The van der Waals surface area contributed by atoms with Gasteiger partial charge in [-0.1, -0.05) is 0 Å². The first-order valence-electron chi connectivity index (χ1n) is 4.98. The van der Waals surface area contributed by atoms with E-state index in [1.807, 2.05) is 0 Å². The smallest absolute Gasteiger partial charge is 0.323 e. The van der Waals surface area contributed by atoms with Crippen LogP contribution in [-0.2, 0) is 14.3 Å². The third-order valence-corrected chi connectivity index (χ3v) is 2.85. The lowest BCUT2D eigenvalue weighted by Gasteiger charge is -2.23. The average Bonchev–Trinajstić information content (AvgIpc) is 2.28. The fraction of sp³-hybridized carbons (Fsp3) is 0.700. The summed E-state index contributed by atoms with van der Waals surface area (Å²) in [4.78, 5) is 25.2. The minimum absolute atomic E-state index is 0.0786. The lowest BCUT2D eigenvalue weighted by molar-refractivity contribution is -0.147. The molecule has 5 heteroatoms. The van der Waals surface area contributed by atoms with Crippen LogP contribution in [0.5, 0.6) is 0 Å². The molecule has 0 bridgehead atoms.